The smallest absolute Gasteiger partial charge is 0.243 e. The highest BCUT2D eigenvalue weighted by molar-refractivity contribution is 7.99. The van der Waals surface area contributed by atoms with E-state index in [1.165, 1.54) is 12.4 Å². The SMILES string of the molecule is CCNc1ncc(S(=O)(=O)NC(C)CSCC)cn1. The second-order valence-electron chi connectivity index (χ2n) is 3.95. The molecule has 8 heteroatoms. The third-order valence-electron chi connectivity index (χ3n) is 2.20. The van der Waals surface area contributed by atoms with E-state index in [1.807, 2.05) is 20.8 Å². The fraction of sp³-hybridized carbons (Fsp3) is 0.636. The summed E-state index contributed by atoms with van der Waals surface area (Å²) in [5.74, 6) is 2.13. The van der Waals surface area contributed by atoms with Crippen LogP contribution in [0.25, 0.3) is 0 Å². The zero-order valence-corrected chi connectivity index (χ0v) is 13.0. The monoisotopic (exact) mass is 304 g/mol. The summed E-state index contributed by atoms with van der Waals surface area (Å²) in [6.07, 6.45) is 2.63. The Balaban J connectivity index is 2.71. The number of hydrogen-bond donors (Lipinski definition) is 2. The van der Waals surface area contributed by atoms with Crippen molar-refractivity contribution in [3.8, 4) is 0 Å². The van der Waals surface area contributed by atoms with Gasteiger partial charge in [-0.15, -0.1) is 0 Å². The van der Waals surface area contributed by atoms with Crippen LogP contribution in [0.2, 0.25) is 0 Å². The normalized spacial score (nSPS) is 13.2. The Hall–Kier alpha value is -0.860. The Morgan fingerprint density at radius 1 is 1.32 bits per heavy atom. The Bertz CT molecular complexity index is 476. The Kier molecular flexibility index (Phi) is 6.53. The standard InChI is InChI=1S/C11H20N4O2S2/c1-4-12-11-13-6-10(7-14-11)19(16,17)15-9(3)8-18-5-2/h6-7,9,15H,4-5,8H2,1-3H3,(H,12,13,14). The first kappa shape index (κ1) is 16.2. The van der Waals surface area contributed by atoms with Gasteiger partial charge < -0.3 is 5.32 Å². The molecule has 1 rings (SSSR count). The van der Waals surface area contributed by atoms with Crippen molar-refractivity contribution in [3.63, 3.8) is 0 Å². The van der Waals surface area contributed by atoms with E-state index in [4.69, 9.17) is 0 Å². The van der Waals surface area contributed by atoms with Gasteiger partial charge in [0.2, 0.25) is 16.0 Å². The molecule has 108 valence electrons. The lowest BCUT2D eigenvalue weighted by molar-refractivity contribution is 0.570. The summed E-state index contributed by atoms with van der Waals surface area (Å²) in [6, 6.07) is -0.122. The number of nitrogens with zero attached hydrogens (tertiary/aromatic N) is 2. The third kappa shape index (κ3) is 5.33. The minimum absolute atomic E-state index is 0.0856. The van der Waals surface area contributed by atoms with E-state index in [2.05, 4.69) is 20.0 Å². The Morgan fingerprint density at radius 3 is 2.47 bits per heavy atom. The van der Waals surface area contributed by atoms with Crippen molar-refractivity contribution in [1.29, 1.82) is 0 Å². The minimum Gasteiger partial charge on any atom is -0.355 e. The molecule has 19 heavy (non-hydrogen) atoms. The summed E-state index contributed by atoms with van der Waals surface area (Å²) >= 11 is 1.69. The molecular formula is C11H20N4O2S2. The molecule has 2 N–H and O–H groups in total. The lowest BCUT2D eigenvalue weighted by atomic mass is 10.4. The van der Waals surface area contributed by atoms with E-state index < -0.39 is 10.0 Å². The van der Waals surface area contributed by atoms with Gasteiger partial charge in [-0.3, -0.25) is 0 Å². The fourth-order valence-corrected chi connectivity index (χ4v) is 3.28. The van der Waals surface area contributed by atoms with Crippen LogP contribution in [0.15, 0.2) is 17.3 Å². The summed E-state index contributed by atoms with van der Waals surface area (Å²) < 4.78 is 26.7. The predicted octanol–water partition coefficient (Wildman–Crippen LogP) is 1.33. The molecular weight excluding hydrogens is 284 g/mol. The summed E-state index contributed by atoms with van der Waals surface area (Å²) in [5, 5.41) is 2.91. The van der Waals surface area contributed by atoms with Gasteiger partial charge in [-0.05, 0) is 19.6 Å². The molecule has 0 fully saturated rings. The lowest BCUT2D eigenvalue weighted by Crippen LogP contribution is -2.34. The molecule has 0 aliphatic heterocycles. The van der Waals surface area contributed by atoms with Crippen molar-refractivity contribution < 1.29 is 8.42 Å². The van der Waals surface area contributed by atoms with E-state index in [0.29, 0.717) is 12.5 Å². The topological polar surface area (TPSA) is 84.0 Å². The van der Waals surface area contributed by atoms with Gasteiger partial charge in [0.25, 0.3) is 0 Å². The molecule has 1 aromatic heterocycles. The summed E-state index contributed by atoms with van der Waals surface area (Å²) in [5.41, 5.74) is 0. The number of aromatic nitrogens is 2. The van der Waals surface area contributed by atoms with E-state index in [9.17, 15) is 8.42 Å². The van der Waals surface area contributed by atoms with Crippen molar-refractivity contribution in [2.24, 2.45) is 0 Å². The minimum atomic E-state index is -3.54. The zero-order valence-electron chi connectivity index (χ0n) is 11.4. The number of hydrogen-bond acceptors (Lipinski definition) is 6. The van der Waals surface area contributed by atoms with Crippen LogP contribution in [0.5, 0.6) is 0 Å². The first-order valence-corrected chi connectivity index (χ1v) is 8.79. The lowest BCUT2D eigenvalue weighted by Gasteiger charge is -2.13. The van der Waals surface area contributed by atoms with E-state index in [0.717, 1.165) is 11.5 Å². The zero-order chi connectivity index (χ0) is 14.3. The van der Waals surface area contributed by atoms with Gasteiger partial charge in [0.1, 0.15) is 4.90 Å². The summed E-state index contributed by atoms with van der Waals surface area (Å²) in [4.78, 5) is 8.00. The van der Waals surface area contributed by atoms with E-state index in [-0.39, 0.29) is 10.9 Å². The molecule has 1 unspecified atom stereocenters. The maximum Gasteiger partial charge on any atom is 0.243 e. The number of nitrogens with one attached hydrogen (secondary N) is 2. The first-order chi connectivity index (χ1) is 8.99. The summed E-state index contributed by atoms with van der Waals surface area (Å²) in [6.45, 7) is 6.49. The quantitative estimate of drug-likeness (QED) is 0.754. The molecule has 0 aliphatic rings. The van der Waals surface area contributed by atoms with Gasteiger partial charge in [-0.1, -0.05) is 6.92 Å². The number of rotatable bonds is 8. The maximum absolute atomic E-state index is 12.1. The third-order valence-corrected chi connectivity index (χ3v) is 4.89. The molecule has 6 nitrogen and oxygen atoms in total. The molecule has 0 aliphatic carbocycles. The molecule has 0 aromatic carbocycles. The Morgan fingerprint density at radius 2 is 1.95 bits per heavy atom. The van der Waals surface area contributed by atoms with Crippen molar-refractivity contribution in [2.75, 3.05) is 23.4 Å². The van der Waals surface area contributed by atoms with Crippen LogP contribution in [0.1, 0.15) is 20.8 Å². The predicted molar refractivity (Wildman–Crippen MR) is 79.0 cm³/mol. The van der Waals surface area contributed by atoms with Crippen LogP contribution in [0.4, 0.5) is 5.95 Å². The first-order valence-electron chi connectivity index (χ1n) is 6.15. The van der Waals surface area contributed by atoms with E-state index in [1.54, 1.807) is 11.8 Å². The molecule has 0 saturated heterocycles. The van der Waals surface area contributed by atoms with Gasteiger partial charge in [-0.25, -0.2) is 23.1 Å². The maximum atomic E-state index is 12.1. The Labute approximate surface area is 118 Å². The molecule has 0 amide bonds. The number of sulfonamides is 1. The van der Waals surface area contributed by atoms with Crippen molar-refractivity contribution in [3.05, 3.63) is 12.4 Å². The molecule has 1 atom stereocenters. The van der Waals surface area contributed by atoms with Crippen LogP contribution in [0, 0.1) is 0 Å². The highest BCUT2D eigenvalue weighted by Gasteiger charge is 2.18. The second-order valence-corrected chi connectivity index (χ2v) is 6.99. The van der Waals surface area contributed by atoms with Crippen LogP contribution in [-0.2, 0) is 10.0 Å². The number of anilines is 1. The second kappa shape index (κ2) is 7.66. The van der Waals surface area contributed by atoms with Crippen molar-refractivity contribution >= 4 is 27.7 Å². The van der Waals surface area contributed by atoms with E-state index >= 15 is 0 Å². The van der Waals surface area contributed by atoms with Gasteiger partial charge in [0, 0.05) is 18.3 Å². The number of thioether (sulfide) groups is 1. The molecule has 1 aromatic rings. The molecule has 0 radical (unpaired) electrons. The molecule has 0 spiro atoms. The van der Waals surface area contributed by atoms with Gasteiger partial charge in [-0.2, -0.15) is 11.8 Å². The molecule has 0 saturated carbocycles. The highest BCUT2D eigenvalue weighted by Crippen LogP contribution is 2.10. The van der Waals surface area contributed by atoms with Crippen LogP contribution < -0.4 is 10.0 Å². The van der Waals surface area contributed by atoms with Crippen molar-refractivity contribution in [2.45, 2.75) is 31.7 Å². The van der Waals surface area contributed by atoms with Crippen molar-refractivity contribution in [1.82, 2.24) is 14.7 Å². The fourth-order valence-electron chi connectivity index (χ4n) is 1.37. The van der Waals surface area contributed by atoms with Crippen LogP contribution >= 0.6 is 11.8 Å². The largest absolute Gasteiger partial charge is 0.355 e. The van der Waals surface area contributed by atoms with Gasteiger partial charge in [0.05, 0.1) is 12.4 Å². The average Bonchev–Trinajstić information content (AvgIpc) is 2.37. The molecule has 0 bridgehead atoms. The van der Waals surface area contributed by atoms with Crippen LogP contribution in [0.3, 0.4) is 0 Å². The van der Waals surface area contributed by atoms with Gasteiger partial charge in [0.15, 0.2) is 0 Å². The average molecular weight is 304 g/mol. The van der Waals surface area contributed by atoms with Crippen LogP contribution in [-0.4, -0.2) is 42.5 Å². The highest BCUT2D eigenvalue weighted by atomic mass is 32.2. The summed E-state index contributed by atoms with van der Waals surface area (Å²) in [7, 11) is -3.54. The van der Waals surface area contributed by atoms with Gasteiger partial charge >= 0.3 is 0 Å². The molecule has 1 heterocycles.